The zero-order chi connectivity index (χ0) is 12.3. The molecule has 0 aliphatic carbocycles. The fraction of sp³-hybridized carbons (Fsp3) is 0.273. The average molecular weight is 283 g/mol. The summed E-state index contributed by atoms with van der Waals surface area (Å²) in [6.07, 6.45) is 0. The molecule has 1 rings (SSSR count). The maximum Gasteiger partial charge on any atom is 0.258 e. The zero-order valence-electron chi connectivity index (χ0n) is 8.94. The van der Waals surface area contributed by atoms with Crippen LogP contribution in [-0.2, 0) is 0 Å². The molecule has 0 fully saturated rings. The highest BCUT2D eigenvalue weighted by Crippen LogP contribution is 2.23. The second-order valence-corrected chi connectivity index (χ2v) is 4.30. The minimum atomic E-state index is -0.536. The van der Waals surface area contributed by atoms with E-state index in [9.17, 15) is 9.90 Å². The largest absolute Gasteiger partial charge is 0.507 e. The first kappa shape index (κ1) is 12.5. The minimum absolute atomic E-state index is 0.0924. The number of aromatic hydroxyl groups is 1. The van der Waals surface area contributed by atoms with Crippen molar-refractivity contribution >= 4 is 21.8 Å². The van der Waals surface area contributed by atoms with E-state index in [-0.39, 0.29) is 17.2 Å². The predicted octanol–water partition coefficient (Wildman–Crippen LogP) is 2.14. The monoisotopic (exact) mass is 282 g/mol. The summed E-state index contributed by atoms with van der Waals surface area (Å²) in [5.74, 6) is -0.474. The number of rotatable bonds is 2. The van der Waals surface area contributed by atoms with Crippen LogP contribution in [0.1, 0.15) is 17.3 Å². The number of nitrogens with zero attached hydrogens (tertiary/aromatic N) is 2. The van der Waals surface area contributed by atoms with Gasteiger partial charge in [0.2, 0.25) is 0 Å². The molecule has 0 radical (unpaired) electrons. The van der Waals surface area contributed by atoms with Gasteiger partial charge in [0.1, 0.15) is 11.8 Å². The summed E-state index contributed by atoms with van der Waals surface area (Å²) >= 11 is 3.22. The normalized spacial score (nSPS) is 11.6. The zero-order valence-corrected chi connectivity index (χ0v) is 10.5. The Kier molecular flexibility index (Phi) is 3.91. The van der Waals surface area contributed by atoms with Crippen molar-refractivity contribution in [3.8, 4) is 11.8 Å². The summed E-state index contributed by atoms with van der Waals surface area (Å²) in [5.41, 5.74) is 0.180. The van der Waals surface area contributed by atoms with Crippen molar-refractivity contribution in [3.05, 3.63) is 28.2 Å². The van der Waals surface area contributed by atoms with Crippen LogP contribution in [0, 0.1) is 11.3 Å². The molecule has 4 nitrogen and oxygen atoms in total. The molecule has 1 aromatic rings. The Morgan fingerprint density at radius 2 is 2.25 bits per heavy atom. The first-order valence-electron chi connectivity index (χ1n) is 4.62. The van der Waals surface area contributed by atoms with E-state index >= 15 is 0 Å². The van der Waals surface area contributed by atoms with Crippen LogP contribution < -0.4 is 0 Å². The highest BCUT2D eigenvalue weighted by atomic mass is 79.9. The molecular formula is C11H11BrN2O2. The number of benzene rings is 1. The summed E-state index contributed by atoms with van der Waals surface area (Å²) in [5, 5.41) is 18.3. The van der Waals surface area contributed by atoms with Crippen molar-refractivity contribution in [2.45, 2.75) is 13.0 Å². The molecule has 1 N–H and O–H groups in total. The molecule has 16 heavy (non-hydrogen) atoms. The molecule has 0 spiro atoms. The molecule has 84 valence electrons. The SMILES string of the molecule is CC(C#N)N(C)C(=O)c1cc(Br)ccc1O. The number of phenolic OH excluding ortho intramolecular Hbond substituents is 1. The summed E-state index contributed by atoms with van der Waals surface area (Å²) < 4.78 is 0.701. The third-order valence-corrected chi connectivity index (χ3v) is 2.77. The lowest BCUT2D eigenvalue weighted by molar-refractivity contribution is 0.0770. The molecule has 0 saturated carbocycles. The maximum atomic E-state index is 11.9. The number of amides is 1. The van der Waals surface area contributed by atoms with Gasteiger partial charge in [0, 0.05) is 11.5 Å². The topological polar surface area (TPSA) is 64.3 Å². The standard InChI is InChI=1S/C11H11BrN2O2/c1-7(6-13)14(2)11(16)9-5-8(12)3-4-10(9)15/h3-5,7,15H,1-2H3. The van der Waals surface area contributed by atoms with Crippen LogP contribution in [0.3, 0.4) is 0 Å². The Bertz CT molecular complexity index is 454. The third-order valence-electron chi connectivity index (χ3n) is 2.28. The molecule has 1 amide bonds. The number of nitriles is 1. The fourth-order valence-corrected chi connectivity index (χ4v) is 1.49. The summed E-state index contributed by atoms with van der Waals surface area (Å²) in [6, 6.07) is 6.02. The van der Waals surface area contributed by atoms with Gasteiger partial charge in [0.05, 0.1) is 11.6 Å². The van der Waals surface area contributed by atoms with Gasteiger partial charge >= 0.3 is 0 Å². The van der Waals surface area contributed by atoms with E-state index in [1.807, 2.05) is 6.07 Å². The molecule has 5 heteroatoms. The van der Waals surface area contributed by atoms with E-state index in [4.69, 9.17) is 5.26 Å². The Morgan fingerprint density at radius 1 is 1.62 bits per heavy atom. The molecule has 1 unspecified atom stereocenters. The van der Waals surface area contributed by atoms with Gasteiger partial charge in [0.25, 0.3) is 5.91 Å². The van der Waals surface area contributed by atoms with Crippen molar-refractivity contribution in [2.75, 3.05) is 7.05 Å². The van der Waals surface area contributed by atoms with Crippen LogP contribution in [-0.4, -0.2) is 29.0 Å². The number of hydrogen-bond acceptors (Lipinski definition) is 3. The van der Waals surface area contributed by atoms with Gasteiger partial charge in [-0.05, 0) is 25.1 Å². The number of hydrogen-bond donors (Lipinski definition) is 1. The van der Waals surface area contributed by atoms with Crippen molar-refractivity contribution in [2.24, 2.45) is 0 Å². The molecule has 0 saturated heterocycles. The summed E-state index contributed by atoms with van der Waals surface area (Å²) in [6.45, 7) is 1.62. The summed E-state index contributed by atoms with van der Waals surface area (Å²) in [4.78, 5) is 13.2. The molecule has 0 heterocycles. The fourth-order valence-electron chi connectivity index (χ4n) is 1.13. The number of halogens is 1. The van der Waals surface area contributed by atoms with Crippen LogP contribution in [0.4, 0.5) is 0 Å². The highest BCUT2D eigenvalue weighted by Gasteiger charge is 2.19. The van der Waals surface area contributed by atoms with Gasteiger partial charge in [-0.1, -0.05) is 15.9 Å². The first-order valence-corrected chi connectivity index (χ1v) is 5.42. The molecule has 0 aromatic heterocycles. The lowest BCUT2D eigenvalue weighted by Crippen LogP contribution is -2.34. The van der Waals surface area contributed by atoms with E-state index < -0.39 is 6.04 Å². The van der Waals surface area contributed by atoms with Gasteiger partial charge in [0.15, 0.2) is 0 Å². The van der Waals surface area contributed by atoms with Gasteiger partial charge in [-0.3, -0.25) is 4.79 Å². The predicted molar refractivity (Wildman–Crippen MR) is 63.0 cm³/mol. The van der Waals surface area contributed by atoms with Crippen molar-refractivity contribution < 1.29 is 9.90 Å². The average Bonchev–Trinajstić information content (AvgIpc) is 2.29. The van der Waals surface area contributed by atoms with Gasteiger partial charge in [-0.2, -0.15) is 5.26 Å². The van der Waals surface area contributed by atoms with Crippen LogP contribution in [0.2, 0.25) is 0 Å². The first-order chi connectivity index (χ1) is 7.47. The van der Waals surface area contributed by atoms with Crippen molar-refractivity contribution in [1.29, 1.82) is 5.26 Å². The Labute approximate surface area is 102 Å². The van der Waals surface area contributed by atoms with Gasteiger partial charge < -0.3 is 10.0 Å². The Balaban J connectivity index is 3.06. The van der Waals surface area contributed by atoms with Crippen LogP contribution in [0.15, 0.2) is 22.7 Å². The molecular weight excluding hydrogens is 272 g/mol. The van der Waals surface area contributed by atoms with E-state index in [2.05, 4.69) is 15.9 Å². The van der Waals surface area contributed by atoms with E-state index in [1.165, 1.54) is 24.1 Å². The lowest BCUT2D eigenvalue weighted by atomic mass is 10.1. The second-order valence-electron chi connectivity index (χ2n) is 3.38. The van der Waals surface area contributed by atoms with Gasteiger partial charge in [-0.25, -0.2) is 0 Å². The third kappa shape index (κ3) is 2.52. The van der Waals surface area contributed by atoms with Crippen LogP contribution >= 0.6 is 15.9 Å². The quantitative estimate of drug-likeness (QED) is 0.904. The number of phenols is 1. The molecule has 0 bridgehead atoms. The Morgan fingerprint density at radius 3 is 2.81 bits per heavy atom. The molecule has 0 aliphatic rings. The van der Waals surface area contributed by atoms with Crippen molar-refractivity contribution in [3.63, 3.8) is 0 Å². The summed E-state index contributed by atoms with van der Waals surface area (Å²) in [7, 11) is 1.52. The Hall–Kier alpha value is -1.54. The van der Waals surface area contributed by atoms with E-state index in [0.29, 0.717) is 4.47 Å². The number of carbonyl (C=O) groups is 1. The molecule has 1 aromatic carbocycles. The smallest absolute Gasteiger partial charge is 0.258 e. The van der Waals surface area contributed by atoms with Crippen LogP contribution in [0.5, 0.6) is 5.75 Å². The van der Waals surface area contributed by atoms with Gasteiger partial charge in [-0.15, -0.1) is 0 Å². The van der Waals surface area contributed by atoms with Crippen molar-refractivity contribution in [1.82, 2.24) is 4.90 Å². The van der Waals surface area contributed by atoms with E-state index in [0.717, 1.165) is 0 Å². The number of carbonyl (C=O) groups excluding carboxylic acids is 1. The molecule has 0 aliphatic heterocycles. The minimum Gasteiger partial charge on any atom is -0.507 e. The highest BCUT2D eigenvalue weighted by molar-refractivity contribution is 9.10. The maximum absolute atomic E-state index is 11.9. The molecule has 1 atom stereocenters. The second kappa shape index (κ2) is 4.99. The van der Waals surface area contributed by atoms with E-state index in [1.54, 1.807) is 13.0 Å². The lowest BCUT2D eigenvalue weighted by Gasteiger charge is -2.19. The van der Waals surface area contributed by atoms with Crippen LogP contribution in [0.25, 0.3) is 0 Å².